The second kappa shape index (κ2) is 9.82. The minimum atomic E-state index is -1.24. The van der Waals surface area contributed by atoms with Crippen LogP contribution in [0.2, 0.25) is 5.02 Å². The molecule has 3 N–H and O–H groups in total. The zero-order valence-corrected chi connectivity index (χ0v) is 16.0. The molecule has 1 heterocycles. The number of halogens is 1. The number of carboxylic acid groups (broad SMARTS) is 2. The van der Waals surface area contributed by atoms with Crippen molar-refractivity contribution in [2.75, 3.05) is 13.1 Å². The van der Waals surface area contributed by atoms with E-state index in [1.807, 2.05) is 12.1 Å². The Bertz CT molecular complexity index is 673. The maximum atomic E-state index is 12.6. The van der Waals surface area contributed by atoms with Crippen molar-refractivity contribution in [1.29, 1.82) is 0 Å². The summed E-state index contributed by atoms with van der Waals surface area (Å²) in [6, 6.07) is 4.05. The summed E-state index contributed by atoms with van der Waals surface area (Å²) in [6.45, 7) is 2.65. The van der Waals surface area contributed by atoms with Gasteiger partial charge in [-0.25, -0.2) is 0 Å². The van der Waals surface area contributed by atoms with E-state index in [0.29, 0.717) is 24.5 Å². The van der Waals surface area contributed by atoms with E-state index in [4.69, 9.17) is 11.6 Å². The molecule has 0 unspecified atom stereocenters. The van der Waals surface area contributed by atoms with E-state index < -0.39 is 35.8 Å². The normalized spacial score (nSPS) is 18.0. The number of nitrogens with zero attached hydrogens (tertiary/aromatic N) is 1. The van der Waals surface area contributed by atoms with Crippen LogP contribution in [-0.2, 0) is 20.8 Å². The lowest BCUT2D eigenvalue weighted by Gasteiger charge is -2.27. The van der Waals surface area contributed by atoms with Crippen molar-refractivity contribution in [3.05, 3.63) is 34.9 Å². The molecule has 27 heavy (non-hydrogen) atoms. The Balaban J connectivity index is 1.98. The second-order valence-corrected chi connectivity index (χ2v) is 7.27. The van der Waals surface area contributed by atoms with E-state index in [2.05, 4.69) is 5.32 Å². The fraction of sp³-hybridized carbons (Fsp3) is 0.526. The average molecular weight is 397 g/mol. The van der Waals surface area contributed by atoms with Crippen molar-refractivity contribution in [2.24, 2.45) is 0 Å². The lowest BCUT2D eigenvalue weighted by molar-refractivity contribution is -0.148. The van der Waals surface area contributed by atoms with Gasteiger partial charge in [0.25, 0.3) is 0 Å². The Labute approximate surface area is 163 Å². The van der Waals surface area contributed by atoms with Crippen molar-refractivity contribution in [1.82, 2.24) is 10.2 Å². The van der Waals surface area contributed by atoms with Crippen LogP contribution >= 0.6 is 11.6 Å². The molecule has 0 radical (unpaired) electrons. The molecule has 1 aromatic rings. The summed E-state index contributed by atoms with van der Waals surface area (Å²) in [6.07, 6.45) is 2.49. The summed E-state index contributed by atoms with van der Waals surface area (Å²) in [4.78, 5) is 37.4. The molecule has 0 amide bonds. The first-order chi connectivity index (χ1) is 12.8. The molecule has 1 fully saturated rings. The fourth-order valence-electron chi connectivity index (χ4n) is 3.32. The minimum absolute atomic E-state index is 0.274. The topological polar surface area (TPSA) is 107 Å². The van der Waals surface area contributed by atoms with Crippen LogP contribution in [-0.4, -0.2) is 64.0 Å². The van der Waals surface area contributed by atoms with Gasteiger partial charge < -0.3 is 10.2 Å². The third kappa shape index (κ3) is 6.02. The van der Waals surface area contributed by atoms with Crippen LogP contribution in [0.5, 0.6) is 0 Å². The summed E-state index contributed by atoms with van der Waals surface area (Å²) in [7, 11) is 0. The van der Waals surface area contributed by atoms with E-state index in [9.17, 15) is 24.6 Å². The standard InChI is InChI=1S/C19H25ClN2O5/c1-12(17(23)16(19(26)27)22-10-2-3-11-22)21-15(18(24)25)9-6-13-4-7-14(20)8-5-13/h4-5,7-8,12,15-16,21H,2-3,6,9-11H2,1H3,(H,24,25)(H,26,27)/t12-,15-,16-/m0/s1. The highest BCUT2D eigenvalue weighted by atomic mass is 35.5. The van der Waals surface area contributed by atoms with Gasteiger partial charge in [0.05, 0.1) is 6.04 Å². The van der Waals surface area contributed by atoms with E-state index in [1.54, 1.807) is 17.0 Å². The third-order valence-electron chi connectivity index (χ3n) is 4.82. The first kappa shape index (κ1) is 21.3. The zero-order chi connectivity index (χ0) is 20.0. The monoisotopic (exact) mass is 396 g/mol. The molecule has 1 aromatic carbocycles. The van der Waals surface area contributed by atoms with Crippen molar-refractivity contribution in [2.45, 2.75) is 50.7 Å². The lowest BCUT2D eigenvalue weighted by Crippen LogP contribution is -2.55. The van der Waals surface area contributed by atoms with Crippen LogP contribution in [0.25, 0.3) is 0 Å². The van der Waals surface area contributed by atoms with Crippen molar-refractivity contribution in [3.63, 3.8) is 0 Å². The highest BCUT2D eigenvalue weighted by Crippen LogP contribution is 2.15. The van der Waals surface area contributed by atoms with E-state index >= 15 is 0 Å². The predicted octanol–water partition coefficient (Wildman–Crippen LogP) is 1.82. The minimum Gasteiger partial charge on any atom is -0.480 e. The quantitative estimate of drug-likeness (QED) is 0.518. The number of hydrogen-bond acceptors (Lipinski definition) is 5. The second-order valence-electron chi connectivity index (χ2n) is 6.83. The Morgan fingerprint density at radius 1 is 1.11 bits per heavy atom. The third-order valence-corrected chi connectivity index (χ3v) is 5.07. The van der Waals surface area contributed by atoms with Gasteiger partial charge in [-0.3, -0.25) is 24.6 Å². The van der Waals surface area contributed by atoms with Crippen LogP contribution in [0.3, 0.4) is 0 Å². The molecule has 0 bridgehead atoms. The molecule has 1 aliphatic heterocycles. The Hall–Kier alpha value is -1.96. The molecule has 0 saturated carbocycles. The number of likely N-dealkylation sites (tertiary alicyclic amines) is 1. The number of aliphatic carboxylic acids is 2. The number of Topliss-reactive ketones (excluding diaryl/α,β-unsaturated/α-hetero) is 1. The molecule has 0 aromatic heterocycles. The van der Waals surface area contributed by atoms with Gasteiger partial charge in [0, 0.05) is 5.02 Å². The van der Waals surface area contributed by atoms with E-state index in [0.717, 1.165) is 18.4 Å². The van der Waals surface area contributed by atoms with Gasteiger partial charge >= 0.3 is 11.9 Å². The number of benzene rings is 1. The molecular weight excluding hydrogens is 372 g/mol. The summed E-state index contributed by atoms with van der Waals surface area (Å²) >= 11 is 5.84. The molecule has 2 rings (SSSR count). The van der Waals surface area contributed by atoms with Gasteiger partial charge in [0.1, 0.15) is 6.04 Å². The molecule has 7 nitrogen and oxygen atoms in total. The van der Waals surface area contributed by atoms with Crippen LogP contribution in [0, 0.1) is 0 Å². The number of hydrogen-bond donors (Lipinski definition) is 3. The van der Waals surface area contributed by atoms with E-state index in [1.165, 1.54) is 6.92 Å². The van der Waals surface area contributed by atoms with Crippen molar-refractivity contribution < 1.29 is 24.6 Å². The summed E-state index contributed by atoms with van der Waals surface area (Å²) < 4.78 is 0. The highest BCUT2D eigenvalue weighted by molar-refractivity contribution is 6.30. The largest absolute Gasteiger partial charge is 0.480 e. The Morgan fingerprint density at radius 3 is 2.22 bits per heavy atom. The molecular formula is C19H25ClN2O5. The SMILES string of the molecule is C[C@H](N[C@@H](CCc1ccc(Cl)cc1)C(=O)O)C(=O)[C@@H](C(=O)O)N1CCCC1. The maximum Gasteiger partial charge on any atom is 0.328 e. The summed E-state index contributed by atoms with van der Waals surface area (Å²) in [5.74, 6) is -2.78. The number of carboxylic acids is 2. The number of nitrogens with one attached hydrogen (secondary N) is 1. The number of aryl methyl sites for hydroxylation is 1. The smallest absolute Gasteiger partial charge is 0.328 e. The Morgan fingerprint density at radius 2 is 1.70 bits per heavy atom. The fourth-order valence-corrected chi connectivity index (χ4v) is 3.44. The summed E-state index contributed by atoms with van der Waals surface area (Å²) in [5.41, 5.74) is 0.937. The molecule has 1 saturated heterocycles. The highest BCUT2D eigenvalue weighted by Gasteiger charge is 2.37. The maximum absolute atomic E-state index is 12.6. The van der Waals surface area contributed by atoms with Crippen molar-refractivity contribution >= 4 is 29.3 Å². The van der Waals surface area contributed by atoms with E-state index in [-0.39, 0.29) is 6.42 Å². The first-order valence-corrected chi connectivity index (χ1v) is 9.41. The summed E-state index contributed by atoms with van der Waals surface area (Å²) in [5, 5.41) is 22.3. The lowest BCUT2D eigenvalue weighted by atomic mass is 10.0. The molecule has 1 aliphatic rings. The van der Waals surface area contributed by atoms with Crippen molar-refractivity contribution in [3.8, 4) is 0 Å². The molecule has 8 heteroatoms. The van der Waals surface area contributed by atoms with Gasteiger partial charge in [-0.05, 0) is 63.4 Å². The van der Waals surface area contributed by atoms with Gasteiger partial charge in [0.2, 0.25) is 0 Å². The zero-order valence-electron chi connectivity index (χ0n) is 15.2. The number of rotatable bonds is 10. The molecule has 3 atom stereocenters. The van der Waals surface area contributed by atoms with Crippen LogP contribution < -0.4 is 5.32 Å². The predicted molar refractivity (Wildman–Crippen MR) is 101 cm³/mol. The molecule has 148 valence electrons. The van der Waals surface area contributed by atoms with Crippen LogP contribution in [0.15, 0.2) is 24.3 Å². The van der Waals surface area contributed by atoms with Gasteiger partial charge in [0.15, 0.2) is 11.8 Å². The number of carbonyl (C=O) groups is 3. The molecule has 0 aliphatic carbocycles. The first-order valence-electron chi connectivity index (χ1n) is 9.03. The van der Waals surface area contributed by atoms with Crippen LogP contribution in [0.4, 0.5) is 0 Å². The van der Waals surface area contributed by atoms with Gasteiger partial charge in [-0.2, -0.15) is 0 Å². The van der Waals surface area contributed by atoms with Crippen LogP contribution in [0.1, 0.15) is 31.7 Å². The molecule has 0 spiro atoms. The number of carbonyl (C=O) groups excluding carboxylic acids is 1. The Kier molecular flexibility index (Phi) is 7.77. The van der Waals surface area contributed by atoms with Gasteiger partial charge in [-0.15, -0.1) is 0 Å². The average Bonchev–Trinajstić information content (AvgIpc) is 3.13. The number of ketones is 1. The van der Waals surface area contributed by atoms with Gasteiger partial charge in [-0.1, -0.05) is 23.7 Å².